The van der Waals surface area contributed by atoms with Gasteiger partial charge in [-0.25, -0.2) is 8.42 Å². The molecule has 4 aromatic carbocycles. The monoisotopic (exact) mass is 521 g/mol. The van der Waals surface area contributed by atoms with Gasteiger partial charge in [-0.05, 0) is 41.8 Å². The fourth-order valence-electron chi connectivity index (χ4n) is 5.49. The molecule has 0 fully saturated rings. The van der Waals surface area contributed by atoms with Crippen molar-refractivity contribution in [2.45, 2.75) is 17.4 Å². The Bertz CT molecular complexity index is 1600. The molecular weight excluding hydrogens is 494 g/mol. The first kappa shape index (κ1) is 24.2. The highest BCUT2D eigenvalue weighted by Gasteiger charge is 2.55. The van der Waals surface area contributed by atoms with Crippen molar-refractivity contribution in [2.24, 2.45) is 5.41 Å². The predicted molar refractivity (Wildman–Crippen MR) is 148 cm³/mol. The summed E-state index contributed by atoms with van der Waals surface area (Å²) in [5.74, 6) is 0.322. The molecule has 2 atom stereocenters. The topological polar surface area (TPSA) is 63.7 Å². The summed E-state index contributed by atoms with van der Waals surface area (Å²) in [6.07, 6.45) is 1.87. The SMILES string of the molecule is O=C1N(CCS(=O)(=O)c2ccccc2)c2ccccc2C[C@@]12C=C(c1ccccc1)O[C@H]2c1ccccc1. The van der Waals surface area contributed by atoms with Gasteiger partial charge < -0.3 is 9.64 Å². The third-order valence-corrected chi connectivity index (χ3v) is 9.07. The maximum atomic E-state index is 14.5. The largest absolute Gasteiger partial charge is 0.484 e. The molecule has 2 aliphatic heterocycles. The lowest BCUT2D eigenvalue weighted by atomic mass is 9.71. The summed E-state index contributed by atoms with van der Waals surface area (Å²) in [5.41, 5.74) is 2.52. The fourth-order valence-corrected chi connectivity index (χ4v) is 6.73. The molecule has 0 unspecified atom stereocenters. The molecule has 1 spiro atoms. The molecule has 2 aliphatic rings. The van der Waals surface area contributed by atoms with E-state index in [-0.39, 0.29) is 23.1 Å². The van der Waals surface area contributed by atoms with Crippen molar-refractivity contribution in [1.29, 1.82) is 0 Å². The van der Waals surface area contributed by atoms with Crippen LogP contribution in [-0.4, -0.2) is 26.6 Å². The van der Waals surface area contributed by atoms with E-state index in [1.54, 1.807) is 35.2 Å². The van der Waals surface area contributed by atoms with Crippen molar-refractivity contribution in [1.82, 2.24) is 0 Å². The number of fused-ring (bicyclic) bond motifs is 1. The average molecular weight is 522 g/mol. The first-order valence-electron chi connectivity index (χ1n) is 12.7. The quantitative estimate of drug-likeness (QED) is 0.319. The first-order valence-corrected chi connectivity index (χ1v) is 14.3. The van der Waals surface area contributed by atoms with E-state index in [2.05, 4.69) is 0 Å². The number of ether oxygens (including phenoxy) is 1. The van der Waals surface area contributed by atoms with Crippen LogP contribution in [0.25, 0.3) is 5.76 Å². The molecule has 0 saturated heterocycles. The van der Waals surface area contributed by atoms with Gasteiger partial charge in [0.05, 0.1) is 10.6 Å². The van der Waals surface area contributed by atoms with E-state index in [9.17, 15) is 13.2 Å². The van der Waals surface area contributed by atoms with Crippen LogP contribution in [0.5, 0.6) is 0 Å². The van der Waals surface area contributed by atoms with Gasteiger partial charge in [-0.3, -0.25) is 4.79 Å². The molecule has 0 aliphatic carbocycles. The number of carbonyl (C=O) groups is 1. The van der Waals surface area contributed by atoms with Crippen LogP contribution in [0.1, 0.15) is 22.8 Å². The van der Waals surface area contributed by atoms with Gasteiger partial charge in [-0.2, -0.15) is 0 Å². The Morgan fingerprint density at radius 3 is 2.11 bits per heavy atom. The number of amides is 1. The maximum absolute atomic E-state index is 14.5. The van der Waals surface area contributed by atoms with E-state index in [1.165, 1.54) is 0 Å². The highest BCUT2D eigenvalue weighted by atomic mass is 32.2. The summed E-state index contributed by atoms with van der Waals surface area (Å²) in [6, 6.07) is 35.7. The zero-order valence-electron chi connectivity index (χ0n) is 20.7. The van der Waals surface area contributed by atoms with Crippen LogP contribution in [0.3, 0.4) is 0 Å². The van der Waals surface area contributed by atoms with Crippen molar-refractivity contribution in [3.63, 3.8) is 0 Å². The van der Waals surface area contributed by atoms with Crippen LogP contribution in [0.15, 0.2) is 126 Å². The van der Waals surface area contributed by atoms with Gasteiger partial charge in [-0.1, -0.05) is 97.1 Å². The van der Waals surface area contributed by atoms with E-state index in [0.717, 1.165) is 22.4 Å². The number of para-hydroxylation sites is 1. The van der Waals surface area contributed by atoms with Crippen LogP contribution >= 0.6 is 0 Å². The summed E-state index contributed by atoms with van der Waals surface area (Å²) in [5, 5.41) is 0. The minimum Gasteiger partial charge on any atom is -0.484 e. The first-order chi connectivity index (χ1) is 18.5. The molecule has 38 heavy (non-hydrogen) atoms. The lowest BCUT2D eigenvalue weighted by molar-refractivity contribution is -0.130. The van der Waals surface area contributed by atoms with Gasteiger partial charge in [0.1, 0.15) is 17.3 Å². The number of hydrogen-bond donors (Lipinski definition) is 0. The number of hydrogen-bond acceptors (Lipinski definition) is 4. The molecule has 0 radical (unpaired) electrons. The lowest BCUT2D eigenvalue weighted by Crippen LogP contribution is -2.51. The van der Waals surface area contributed by atoms with Crippen molar-refractivity contribution in [3.8, 4) is 0 Å². The Labute approximate surface area is 222 Å². The van der Waals surface area contributed by atoms with E-state index < -0.39 is 21.4 Å². The van der Waals surface area contributed by atoms with Crippen LogP contribution < -0.4 is 4.90 Å². The van der Waals surface area contributed by atoms with Gasteiger partial charge in [0.15, 0.2) is 9.84 Å². The van der Waals surface area contributed by atoms with Crippen molar-refractivity contribution >= 4 is 27.2 Å². The average Bonchev–Trinajstić information content (AvgIpc) is 3.35. The number of carbonyl (C=O) groups excluding carboxylic acids is 1. The summed E-state index contributed by atoms with van der Waals surface area (Å²) >= 11 is 0. The molecule has 4 aromatic rings. The number of nitrogens with zero attached hydrogens (tertiary/aromatic N) is 1. The van der Waals surface area contributed by atoms with E-state index in [4.69, 9.17) is 4.74 Å². The molecule has 1 amide bonds. The van der Waals surface area contributed by atoms with E-state index in [0.29, 0.717) is 12.2 Å². The highest BCUT2D eigenvalue weighted by Crippen LogP contribution is 2.54. The molecule has 0 bridgehead atoms. The smallest absolute Gasteiger partial charge is 0.241 e. The van der Waals surface area contributed by atoms with Gasteiger partial charge in [0, 0.05) is 17.8 Å². The third-order valence-electron chi connectivity index (χ3n) is 7.36. The second-order valence-corrected chi connectivity index (χ2v) is 11.8. The minimum atomic E-state index is -3.58. The summed E-state index contributed by atoms with van der Waals surface area (Å²) in [7, 11) is -3.58. The minimum absolute atomic E-state index is 0.0465. The second-order valence-electron chi connectivity index (χ2n) is 9.72. The molecule has 0 N–H and O–H groups in total. The van der Waals surface area contributed by atoms with Crippen LogP contribution in [0, 0.1) is 5.41 Å². The molecule has 2 heterocycles. The fraction of sp³-hybridized carbons (Fsp3) is 0.156. The predicted octanol–water partition coefficient (Wildman–Crippen LogP) is 5.85. The Morgan fingerprint density at radius 1 is 0.789 bits per heavy atom. The lowest BCUT2D eigenvalue weighted by Gasteiger charge is -2.42. The van der Waals surface area contributed by atoms with Crippen molar-refractivity contribution in [3.05, 3.63) is 138 Å². The molecule has 5 nitrogen and oxygen atoms in total. The van der Waals surface area contributed by atoms with Crippen LogP contribution in [0.2, 0.25) is 0 Å². The number of benzene rings is 4. The molecule has 6 heteroatoms. The van der Waals surface area contributed by atoms with Crippen LogP contribution in [-0.2, 0) is 25.8 Å². The van der Waals surface area contributed by atoms with Gasteiger partial charge >= 0.3 is 0 Å². The molecular formula is C32H27NO4S. The molecule has 6 rings (SSSR count). The summed E-state index contributed by atoms with van der Waals surface area (Å²) in [4.78, 5) is 16.4. The van der Waals surface area contributed by atoms with Gasteiger partial charge in [-0.15, -0.1) is 0 Å². The Kier molecular flexibility index (Phi) is 6.12. The van der Waals surface area contributed by atoms with Crippen molar-refractivity contribution < 1.29 is 17.9 Å². The van der Waals surface area contributed by atoms with E-state index >= 15 is 0 Å². The normalized spacial score (nSPS) is 20.6. The zero-order valence-corrected chi connectivity index (χ0v) is 21.6. The number of rotatable bonds is 6. The van der Waals surface area contributed by atoms with E-state index in [1.807, 2.05) is 91.0 Å². The number of anilines is 1. The second kappa shape index (κ2) is 9.62. The molecule has 190 valence electrons. The Balaban J connectivity index is 1.44. The summed E-state index contributed by atoms with van der Waals surface area (Å²) in [6.45, 7) is 0.0465. The molecule has 0 saturated carbocycles. The molecule has 0 aromatic heterocycles. The Morgan fingerprint density at radius 2 is 1.39 bits per heavy atom. The number of sulfone groups is 1. The van der Waals surface area contributed by atoms with Gasteiger partial charge in [0.25, 0.3) is 0 Å². The van der Waals surface area contributed by atoms with Crippen molar-refractivity contribution in [2.75, 3.05) is 17.2 Å². The summed E-state index contributed by atoms with van der Waals surface area (Å²) < 4.78 is 32.9. The Hall–Kier alpha value is -4.16. The van der Waals surface area contributed by atoms with Gasteiger partial charge in [0.2, 0.25) is 5.91 Å². The van der Waals surface area contributed by atoms with Crippen LogP contribution in [0.4, 0.5) is 5.69 Å². The third kappa shape index (κ3) is 4.21. The zero-order chi connectivity index (χ0) is 26.2. The highest BCUT2D eigenvalue weighted by molar-refractivity contribution is 7.91. The maximum Gasteiger partial charge on any atom is 0.241 e. The standard InChI is InChI=1S/C32H27NO4S/c34-31-32(23-29(24-12-4-1-5-13-24)37-30(32)25-14-6-2-7-15-25)22-26-16-10-11-19-28(26)33(31)20-21-38(35,36)27-17-8-3-9-18-27/h1-19,23,30H,20-22H2/t30-,32-/m0/s1.